The Balaban J connectivity index is 0. The Kier molecular flexibility index (Phi) is 14.3. The van der Waals surface area contributed by atoms with Gasteiger partial charge < -0.3 is 19.0 Å². The minimum atomic E-state index is -2.30. The Morgan fingerprint density at radius 2 is 1.18 bits per heavy atom. The standard InChI is InChI=1S/C9H22O3Si.C3H9N/c1-5-9-13(10-6-2,11-7-3)12-8-4;1-3(2)4/h5-9H2,1-4H3;3H,4H2,1-2H3. The minimum Gasteiger partial charge on any atom is -0.374 e. The van der Waals surface area contributed by atoms with Crippen molar-refractivity contribution in [3.8, 4) is 0 Å². The average molecular weight is 265 g/mol. The number of hydrogen-bond acceptors (Lipinski definition) is 4. The molecular formula is C12H31NO3Si. The molecule has 4 nitrogen and oxygen atoms in total. The van der Waals surface area contributed by atoms with Gasteiger partial charge in [0.25, 0.3) is 0 Å². The van der Waals surface area contributed by atoms with Crippen LogP contribution >= 0.6 is 0 Å². The topological polar surface area (TPSA) is 53.7 Å². The first-order valence-corrected chi connectivity index (χ1v) is 8.58. The predicted molar refractivity (Wildman–Crippen MR) is 75.1 cm³/mol. The Bertz CT molecular complexity index is 124. The van der Waals surface area contributed by atoms with Crippen LogP contribution in [0.25, 0.3) is 0 Å². The normalized spacial score (nSPS) is 11.3. The zero-order valence-electron chi connectivity index (χ0n) is 12.4. The van der Waals surface area contributed by atoms with Gasteiger partial charge in [-0.25, -0.2) is 0 Å². The summed E-state index contributed by atoms with van der Waals surface area (Å²) in [5.74, 6) is 0. The fraction of sp³-hybridized carbons (Fsp3) is 1.00. The molecule has 5 heteroatoms. The predicted octanol–water partition coefficient (Wildman–Crippen LogP) is 2.80. The lowest BCUT2D eigenvalue weighted by Gasteiger charge is -2.27. The van der Waals surface area contributed by atoms with Crippen molar-refractivity contribution in [3.63, 3.8) is 0 Å². The molecule has 0 aromatic heterocycles. The van der Waals surface area contributed by atoms with Crippen LogP contribution in [0, 0.1) is 0 Å². The van der Waals surface area contributed by atoms with E-state index in [9.17, 15) is 0 Å². The summed E-state index contributed by atoms with van der Waals surface area (Å²) in [6.07, 6.45) is 1.05. The van der Waals surface area contributed by atoms with E-state index in [1.54, 1.807) is 0 Å². The Morgan fingerprint density at radius 1 is 0.882 bits per heavy atom. The fourth-order valence-electron chi connectivity index (χ4n) is 1.31. The highest BCUT2D eigenvalue weighted by molar-refractivity contribution is 6.60. The largest absolute Gasteiger partial charge is 0.500 e. The third kappa shape index (κ3) is 12.3. The van der Waals surface area contributed by atoms with E-state index in [4.69, 9.17) is 19.0 Å². The first-order chi connectivity index (χ1) is 7.97. The van der Waals surface area contributed by atoms with Gasteiger partial charge in [-0.3, -0.25) is 0 Å². The first kappa shape index (κ1) is 19.4. The number of hydrogen-bond donors (Lipinski definition) is 1. The van der Waals surface area contributed by atoms with Gasteiger partial charge in [0.1, 0.15) is 0 Å². The van der Waals surface area contributed by atoms with Gasteiger partial charge in [0.15, 0.2) is 0 Å². The maximum absolute atomic E-state index is 5.65. The summed E-state index contributed by atoms with van der Waals surface area (Å²) in [6, 6.07) is 1.25. The molecule has 0 unspecified atom stereocenters. The maximum atomic E-state index is 5.65. The van der Waals surface area contributed by atoms with Crippen molar-refractivity contribution >= 4 is 8.80 Å². The molecule has 0 bridgehead atoms. The van der Waals surface area contributed by atoms with Crippen LogP contribution in [-0.4, -0.2) is 34.7 Å². The van der Waals surface area contributed by atoms with Crippen LogP contribution in [0.5, 0.6) is 0 Å². The molecule has 0 radical (unpaired) electrons. The molecule has 0 fully saturated rings. The van der Waals surface area contributed by atoms with E-state index < -0.39 is 8.80 Å². The van der Waals surface area contributed by atoms with Crippen molar-refractivity contribution in [2.75, 3.05) is 19.8 Å². The molecule has 0 aliphatic rings. The van der Waals surface area contributed by atoms with Crippen molar-refractivity contribution < 1.29 is 13.3 Å². The molecule has 2 N–H and O–H groups in total. The number of rotatable bonds is 8. The third-order valence-corrected chi connectivity index (χ3v) is 4.95. The van der Waals surface area contributed by atoms with Crippen LogP contribution in [0.15, 0.2) is 0 Å². The van der Waals surface area contributed by atoms with Gasteiger partial charge in [0.05, 0.1) is 0 Å². The molecule has 0 aromatic carbocycles. The fourth-order valence-corrected chi connectivity index (χ4v) is 3.92. The van der Waals surface area contributed by atoms with Gasteiger partial charge in [-0.2, -0.15) is 0 Å². The van der Waals surface area contributed by atoms with Crippen LogP contribution in [-0.2, 0) is 13.3 Å². The summed E-state index contributed by atoms with van der Waals surface area (Å²) in [5, 5.41) is 0. The van der Waals surface area contributed by atoms with Gasteiger partial charge in [-0.05, 0) is 26.8 Å². The van der Waals surface area contributed by atoms with Crippen molar-refractivity contribution in [1.29, 1.82) is 0 Å². The van der Waals surface area contributed by atoms with E-state index in [0.717, 1.165) is 12.5 Å². The van der Waals surface area contributed by atoms with Crippen molar-refractivity contribution in [2.45, 2.75) is 60.0 Å². The van der Waals surface area contributed by atoms with E-state index in [1.807, 2.05) is 34.6 Å². The highest BCUT2D eigenvalue weighted by atomic mass is 28.4. The van der Waals surface area contributed by atoms with E-state index >= 15 is 0 Å². The second kappa shape index (κ2) is 12.5. The molecule has 0 rings (SSSR count). The molecule has 106 valence electrons. The van der Waals surface area contributed by atoms with Crippen molar-refractivity contribution in [2.24, 2.45) is 5.73 Å². The summed E-state index contributed by atoms with van der Waals surface area (Å²) in [7, 11) is -2.30. The van der Waals surface area contributed by atoms with Gasteiger partial charge in [0.2, 0.25) is 0 Å². The highest BCUT2D eigenvalue weighted by Gasteiger charge is 2.38. The minimum absolute atomic E-state index is 0.333. The summed E-state index contributed by atoms with van der Waals surface area (Å²) in [4.78, 5) is 0. The Hall–Kier alpha value is 0.0569. The average Bonchev–Trinajstić information content (AvgIpc) is 2.18. The third-order valence-electron chi connectivity index (χ3n) is 1.65. The molecule has 0 heterocycles. The molecule has 0 spiro atoms. The van der Waals surface area contributed by atoms with E-state index in [1.165, 1.54) is 0 Å². The molecule has 0 aliphatic heterocycles. The number of nitrogens with two attached hydrogens (primary N) is 1. The summed E-state index contributed by atoms with van der Waals surface area (Å²) >= 11 is 0. The van der Waals surface area contributed by atoms with Crippen molar-refractivity contribution in [1.82, 2.24) is 0 Å². The van der Waals surface area contributed by atoms with Gasteiger partial charge in [-0.1, -0.05) is 27.2 Å². The molecule has 0 saturated heterocycles. The SMILES string of the molecule is CC(C)N.CCC[Si](OCC)(OCC)OCC. The van der Waals surface area contributed by atoms with Crippen LogP contribution < -0.4 is 5.73 Å². The first-order valence-electron chi connectivity index (χ1n) is 6.65. The van der Waals surface area contributed by atoms with Gasteiger partial charge in [0, 0.05) is 25.9 Å². The zero-order valence-corrected chi connectivity index (χ0v) is 13.4. The van der Waals surface area contributed by atoms with Crippen molar-refractivity contribution in [3.05, 3.63) is 0 Å². The quantitative estimate of drug-likeness (QED) is 0.686. The second-order valence-electron chi connectivity index (χ2n) is 3.98. The van der Waals surface area contributed by atoms with Crippen LogP contribution in [0.2, 0.25) is 6.04 Å². The van der Waals surface area contributed by atoms with Crippen LogP contribution in [0.4, 0.5) is 0 Å². The molecule has 0 saturated carbocycles. The summed E-state index contributed by atoms with van der Waals surface area (Å²) in [5.41, 5.74) is 5.11. The van der Waals surface area contributed by atoms with Gasteiger partial charge >= 0.3 is 8.80 Å². The molecule has 0 atom stereocenters. The molecule has 0 aliphatic carbocycles. The summed E-state index contributed by atoms with van der Waals surface area (Å²) in [6.45, 7) is 14.0. The highest BCUT2D eigenvalue weighted by Crippen LogP contribution is 2.17. The molecular weight excluding hydrogens is 234 g/mol. The molecule has 0 amide bonds. The lowest BCUT2D eigenvalue weighted by atomic mass is 10.5. The zero-order chi connectivity index (χ0) is 13.7. The molecule has 17 heavy (non-hydrogen) atoms. The van der Waals surface area contributed by atoms with Gasteiger partial charge in [-0.15, -0.1) is 0 Å². The molecule has 0 aromatic rings. The van der Waals surface area contributed by atoms with E-state index in [2.05, 4.69) is 6.92 Å². The van der Waals surface area contributed by atoms with E-state index in [0.29, 0.717) is 25.9 Å². The maximum Gasteiger partial charge on any atom is 0.500 e. The summed E-state index contributed by atoms with van der Waals surface area (Å²) < 4.78 is 16.9. The monoisotopic (exact) mass is 265 g/mol. The lowest BCUT2D eigenvalue weighted by molar-refractivity contribution is 0.0712. The Morgan fingerprint density at radius 3 is 1.35 bits per heavy atom. The van der Waals surface area contributed by atoms with Crippen LogP contribution in [0.1, 0.15) is 48.0 Å². The van der Waals surface area contributed by atoms with E-state index in [-0.39, 0.29) is 0 Å². The Labute approximate surface area is 108 Å². The smallest absolute Gasteiger partial charge is 0.374 e. The van der Waals surface area contributed by atoms with Crippen LogP contribution in [0.3, 0.4) is 0 Å². The second-order valence-corrected chi connectivity index (χ2v) is 6.71. The lowest BCUT2D eigenvalue weighted by Crippen LogP contribution is -2.45.